The molecule has 4 nitrogen and oxygen atoms in total. The van der Waals surface area contributed by atoms with E-state index in [0.29, 0.717) is 18.7 Å². The van der Waals surface area contributed by atoms with E-state index in [1.165, 1.54) is 0 Å². The van der Waals surface area contributed by atoms with Crippen molar-refractivity contribution >= 4 is 11.7 Å². The average molecular weight is 220 g/mol. The van der Waals surface area contributed by atoms with Crippen molar-refractivity contribution in [1.29, 1.82) is 0 Å². The summed E-state index contributed by atoms with van der Waals surface area (Å²) in [6.45, 7) is 6.03. The minimum atomic E-state index is -0.252. The molecule has 0 atom stereocenters. The summed E-state index contributed by atoms with van der Waals surface area (Å²) in [6.07, 6.45) is 2.27. The number of allylic oxidation sites excluding steroid dienone is 1. The number of rotatable bonds is 4. The van der Waals surface area contributed by atoms with Gasteiger partial charge < -0.3 is 15.7 Å². The number of hydrogen-bond acceptors (Lipinski definition) is 2. The number of hydrogen-bond donors (Lipinski definition) is 3. The molecule has 0 saturated carbocycles. The van der Waals surface area contributed by atoms with Gasteiger partial charge in [-0.15, -0.1) is 6.58 Å². The van der Waals surface area contributed by atoms with E-state index in [0.717, 1.165) is 5.56 Å². The van der Waals surface area contributed by atoms with Crippen LogP contribution in [0.25, 0.3) is 0 Å². The van der Waals surface area contributed by atoms with Gasteiger partial charge in [-0.2, -0.15) is 0 Å². The molecule has 0 saturated heterocycles. The molecule has 0 radical (unpaired) electrons. The lowest BCUT2D eigenvalue weighted by atomic mass is 10.1. The summed E-state index contributed by atoms with van der Waals surface area (Å²) in [7, 11) is 0. The monoisotopic (exact) mass is 220 g/mol. The molecule has 1 aromatic carbocycles. The number of benzene rings is 1. The van der Waals surface area contributed by atoms with Gasteiger partial charge in [0.25, 0.3) is 0 Å². The lowest BCUT2D eigenvalue weighted by Gasteiger charge is -2.08. The number of amides is 2. The van der Waals surface area contributed by atoms with Crippen LogP contribution < -0.4 is 10.6 Å². The molecule has 1 rings (SSSR count). The Morgan fingerprint density at radius 2 is 2.31 bits per heavy atom. The molecule has 0 spiro atoms. The number of nitrogens with one attached hydrogen (secondary N) is 2. The van der Waals surface area contributed by atoms with E-state index in [-0.39, 0.29) is 11.8 Å². The first-order chi connectivity index (χ1) is 7.67. The standard InChI is InChI=1S/C12H16N2O2/c1-3-5-9-8-10(6-7-11(9)15)14-12(16)13-4-2/h3,6-8,15H,1,4-5H2,2H3,(H2,13,14,16). The molecule has 0 fully saturated rings. The molecule has 2 amide bonds. The highest BCUT2D eigenvalue weighted by atomic mass is 16.3. The second-order valence-electron chi connectivity index (χ2n) is 3.32. The van der Waals surface area contributed by atoms with Gasteiger partial charge in [0.05, 0.1) is 0 Å². The molecule has 3 N–H and O–H groups in total. The lowest BCUT2D eigenvalue weighted by molar-refractivity contribution is 0.252. The number of phenolic OH excluding ortho intramolecular Hbond substituents is 1. The smallest absolute Gasteiger partial charge is 0.319 e. The van der Waals surface area contributed by atoms with E-state index in [4.69, 9.17) is 0 Å². The number of carbonyl (C=O) groups is 1. The zero-order chi connectivity index (χ0) is 12.0. The van der Waals surface area contributed by atoms with Crippen LogP contribution in [0.3, 0.4) is 0 Å². The summed E-state index contributed by atoms with van der Waals surface area (Å²) < 4.78 is 0. The Morgan fingerprint density at radius 3 is 2.94 bits per heavy atom. The highest BCUT2D eigenvalue weighted by Crippen LogP contribution is 2.22. The second kappa shape index (κ2) is 5.80. The van der Waals surface area contributed by atoms with Crippen molar-refractivity contribution in [3.63, 3.8) is 0 Å². The van der Waals surface area contributed by atoms with E-state index in [9.17, 15) is 9.90 Å². The summed E-state index contributed by atoms with van der Waals surface area (Å²) in [4.78, 5) is 11.3. The number of phenols is 1. The minimum absolute atomic E-state index is 0.210. The van der Waals surface area contributed by atoms with Gasteiger partial charge in [-0.1, -0.05) is 6.08 Å². The molecule has 1 aromatic rings. The summed E-state index contributed by atoms with van der Waals surface area (Å²) in [5, 5.41) is 14.8. The normalized spacial score (nSPS) is 9.56. The van der Waals surface area contributed by atoms with Crippen LogP contribution in [0.2, 0.25) is 0 Å². The first kappa shape index (κ1) is 12.1. The number of aromatic hydroxyl groups is 1. The third-order valence-electron chi connectivity index (χ3n) is 2.04. The minimum Gasteiger partial charge on any atom is -0.508 e. The van der Waals surface area contributed by atoms with Gasteiger partial charge in [0, 0.05) is 12.2 Å². The zero-order valence-electron chi connectivity index (χ0n) is 9.29. The van der Waals surface area contributed by atoms with Crippen LogP contribution in [-0.2, 0) is 6.42 Å². The molecular formula is C12H16N2O2. The maximum absolute atomic E-state index is 11.3. The quantitative estimate of drug-likeness (QED) is 0.538. The summed E-state index contributed by atoms with van der Waals surface area (Å²) in [5.74, 6) is 0.210. The number of carbonyl (C=O) groups excluding carboxylic acids is 1. The van der Waals surface area contributed by atoms with Gasteiger partial charge in [-0.25, -0.2) is 4.79 Å². The largest absolute Gasteiger partial charge is 0.508 e. The van der Waals surface area contributed by atoms with Crippen molar-refractivity contribution in [1.82, 2.24) is 5.32 Å². The second-order valence-corrected chi connectivity index (χ2v) is 3.32. The first-order valence-electron chi connectivity index (χ1n) is 5.15. The van der Waals surface area contributed by atoms with Crippen molar-refractivity contribution in [2.75, 3.05) is 11.9 Å². The predicted octanol–water partition coefficient (Wildman–Crippen LogP) is 2.26. The van der Waals surface area contributed by atoms with E-state index < -0.39 is 0 Å². The highest BCUT2D eigenvalue weighted by Gasteiger charge is 2.03. The average Bonchev–Trinajstić information content (AvgIpc) is 2.24. The fourth-order valence-electron chi connectivity index (χ4n) is 1.32. The van der Waals surface area contributed by atoms with E-state index in [2.05, 4.69) is 17.2 Å². The predicted molar refractivity (Wildman–Crippen MR) is 64.7 cm³/mol. The number of urea groups is 1. The Kier molecular flexibility index (Phi) is 4.39. The molecule has 0 aliphatic heterocycles. The first-order valence-corrected chi connectivity index (χ1v) is 5.15. The SMILES string of the molecule is C=CCc1cc(NC(=O)NCC)ccc1O. The van der Waals surface area contributed by atoms with Gasteiger partial charge in [0.2, 0.25) is 0 Å². The molecule has 0 unspecified atom stereocenters. The van der Waals surface area contributed by atoms with Crippen LogP contribution in [-0.4, -0.2) is 17.7 Å². The fraction of sp³-hybridized carbons (Fsp3) is 0.250. The van der Waals surface area contributed by atoms with Gasteiger partial charge in [-0.05, 0) is 37.1 Å². The zero-order valence-corrected chi connectivity index (χ0v) is 9.29. The summed E-state index contributed by atoms with van der Waals surface area (Å²) >= 11 is 0. The Balaban J connectivity index is 2.77. The van der Waals surface area contributed by atoms with Crippen molar-refractivity contribution in [2.45, 2.75) is 13.3 Å². The van der Waals surface area contributed by atoms with Crippen LogP contribution in [0.5, 0.6) is 5.75 Å². The molecule has 0 aliphatic rings. The van der Waals surface area contributed by atoms with Gasteiger partial charge in [0.1, 0.15) is 5.75 Å². The van der Waals surface area contributed by atoms with Crippen molar-refractivity contribution in [3.05, 3.63) is 36.4 Å². The van der Waals surface area contributed by atoms with Gasteiger partial charge >= 0.3 is 6.03 Å². The molecule has 16 heavy (non-hydrogen) atoms. The van der Waals surface area contributed by atoms with Crippen LogP contribution in [0.4, 0.5) is 10.5 Å². The molecule has 0 aromatic heterocycles. The van der Waals surface area contributed by atoms with E-state index >= 15 is 0 Å². The van der Waals surface area contributed by atoms with Crippen molar-refractivity contribution < 1.29 is 9.90 Å². The van der Waals surface area contributed by atoms with Gasteiger partial charge in [-0.3, -0.25) is 0 Å². The van der Waals surface area contributed by atoms with Crippen LogP contribution in [0, 0.1) is 0 Å². The molecular weight excluding hydrogens is 204 g/mol. The van der Waals surface area contributed by atoms with Crippen LogP contribution in [0.1, 0.15) is 12.5 Å². The van der Waals surface area contributed by atoms with Crippen molar-refractivity contribution in [2.24, 2.45) is 0 Å². The molecule has 0 aliphatic carbocycles. The van der Waals surface area contributed by atoms with Crippen LogP contribution >= 0.6 is 0 Å². The Labute approximate surface area is 95.0 Å². The van der Waals surface area contributed by atoms with E-state index in [1.807, 2.05) is 6.92 Å². The summed E-state index contributed by atoms with van der Waals surface area (Å²) in [6, 6.07) is 4.68. The molecule has 86 valence electrons. The molecule has 0 heterocycles. The van der Waals surface area contributed by atoms with Gasteiger partial charge in [0.15, 0.2) is 0 Å². The third kappa shape index (κ3) is 3.31. The maximum atomic E-state index is 11.3. The van der Waals surface area contributed by atoms with Crippen molar-refractivity contribution in [3.8, 4) is 5.75 Å². The number of anilines is 1. The summed E-state index contributed by atoms with van der Waals surface area (Å²) in [5.41, 5.74) is 1.39. The molecule has 0 bridgehead atoms. The highest BCUT2D eigenvalue weighted by molar-refractivity contribution is 5.89. The van der Waals surface area contributed by atoms with E-state index in [1.54, 1.807) is 24.3 Å². The third-order valence-corrected chi connectivity index (χ3v) is 2.04. The Bertz CT molecular complexity index is 389. The fourth-order valence-corrected chi connectivity index (χ4v) is 1.32. The maximum Gasteiger partial charge on any atom is 0.319 e. The Hall–Kier alpha value is -1.97. The molecule has 4 heteroatoms. The Morgan fingerprint density at radius 1 is 1.56 bits per heavy atom. The lowest BCUT2D eigenvalue weighted by Crippen LogP contribution is -2.28. The topological polar surface area (TPSA) is 61.4 Å². The van der Waals surface area contributed by atoms with Crippen LogP contribution in [0.15, 0.2) is 30.9 Å².